The summed E-state index contributed by atoms with van der Waals surface area (Å²) >= 11 is 0. The quantitative estimate of drug-likeness (QED) is 0.383. The highest BCUT2D eigenvalue weighted by Crippen LogP contribution is 2.35. The molecule has 0 radical (unpaired) electrons. The summed E-state index contributed by atoms with van der Waals surface area (Å²) in [6.07, 6.45) is 0.0125. The molecule has 3 aromatic rings. The molecule has 0 saturated heterocycles. The lowest BCUT2D eigenvalue weighted by molar-refractivity contribution is -0.142. The van der Waals surface area contributed by atoms with Crippen LogP contribution in [0.4, 0.5) is 0 Å². The molecule has 27 heavy (non-hydrogen) atoms. The van der Waals surface area contributed by atoms with Crippen LogP contribution in [-0.4, -0.2) is 30.4 Å². The highest BCUT2D eigenvalue weighted by Gasteiger charge is 2.14. The zero-order chi connectivity index (χ0) is 19.4. The highest BCUT2D eigenvalue weighted by molar-refractivity contribution is 6.05. The van der Waals surface area contributed by atoms with Gasteiger partial charge >= 0.3 is 5.97 Å². The molecular weight excluding hydrogens is 340 g/mol. The summed E-state index contributed by atoms with van der Waals surface area (Å²) in [5, 5.41) is 14.3. The molecule has 0 fully saturated rings. The van der Waals surface area contributed by atoms with Crippen LogP contribution in [0.3, 0.4) is 0 Å². The molecule has 1 unspecified atom stereocenters. The molecule has 3 aromatic carbocycles. The van der Waals surface area contributed by atoms with Gasteiger partial charge in [-0.2, -0.15) is 0 Å². The van der Waals surface area contributed by atoms with Crippen molar-refractivity contribution in [3.05, 3.63) is 66.2 Å². The van der Waals surface area contributed by atoms with E-state index >= 15 is 0 Å². The zero-order valence-electron chi connectivity index (χ0n) is 15.7. The topological polar surface area (TPSA) is 55.8 Å². The summed E-state index contributed by atoms with van der Waals surface area (Å²) in [7, 11) is 0. The molecule has 1 N–H and O–H groups in total. The van der Waals surface area contributed by atoms with Crippen LogP contribution in [0.2, 0.25) is 0 Å². The Balaban J connectivity index is 1.88. The monoisotopic (exact) mass is 364 g/mol. The lowest BCUT2D eigenvalue weighted by Crippen LogP contribution is -2.25. The van der Waals surface area contributed by atoms with Crippen LogP contribution in [0.25, 0.3) is 21.5 Å². The van der Waals surface area contributed by atoms with E-state index < -0.39 is 12.1 Å². The summed E-state index contributed by atoms with van der Waals surface area (Å²) in [6.45, 7) is 7.11. The Labute approximate surface area is 159 Å². The highest BCUT2D eigenvalue weighted by atomic mass is 16.5. The van der Waals surface area contributed by atoms with Crippen LogP contribution in [0.5, 0.6) is 5.75 Å². The van der Waals surface area contributed by atoms with Gasteiger partial charge in [0.15, 0.2) is 0 Å². The lowest BCUT2D eigenvalue weighted by Gasteiger charge is -2.17. The molecule has 0 heterocycles. The van der Waals surface area contributed by atoms with Gasteiger partial charge in [-0.1, -0.05) is 49.9 Å². The van der Waals surface area contributed by atoms with E-state index in [1.54, 1.807) is 6.92 Å². The van der Waals surface area contributed by atoms with E-state index in [4.69, 9.17) is 9.47 Å². The number of aryl methyl sites for hydroxylation is 1. The number of aliphatic hydroxyl groups is 1. The Morgan fingerprint density at radius 3 is 2.56 bits per heavy atom. The van der Waals surface area contributed by atoms with Crippen LogP contribution in [0.15, 0.2) is 60.7 Å². The Kier molecular flexibility index (Phi) is 5.77. The van der Waals surface area contributed by atoms with Crippen LogP contribution < -0.4 is 4.74 Å². The Morgan fingerprint density at radius 1 is 1.07 bits per heavy atom. The second kappa shape index (κ2) is 8.23. The van der Waals surface area contributed by atoms with Crippen LogP contribution in [0, 0.1) is 0 Å². The first-order valence-corrected chi connectivity index (χ1v) is 9.07. The molecule has 0 amide bonds. The van der Waals surface area contributed by atoms with Gasteiger partial charge in [0.2, 0.25) is 0 Å². The van der Waals surface area contributed by atoms with Gasteiger partial charge in [0.05, 0.1) is 0 Å². The molecule has 140 valence electrons. The smallest absolute Gasteiger partial charge is 0.333 e. The number of hydrogen-bond donors (Lipinski definition) is 1. The van der Waals surface area contributed by atoms with Crippen molar-refractivity contribution >= 4 is 27.5 Å². The third-order valence-corrected chi connectivity index (χ3v) is 4.46. The van der Waals surface area contributed by atoms with E-state index in [9.17, 15) is 9.90 Å². The predicted molar refractivity (Wildman–Crippen MR) is 108 cm³/mol. The Morgan fingerprint density at radius 2 is 1.81 bits per heavy atom. The van der Waals surface area contributed by atoms with Crippen LogP contribution in [0.1, 0.15) is 19.4 Å². The second-order valence-corrected chi connectivity index (χ2v) is 6.68. The molecule has 0 saturated carbocycles. The molecule has 0 aliphatic rings. The van der Waals surface area contributed by atoms with Crippen molar-refractivity contribution in [3.63, 3.8) is 0 Å². The summed E-state index contributed by atoms with van der Waals surface area (Å²) in [4.78, 5) is 11.5. The minimum absolute atomic E-state index is 0.0307. The molecule has 0 aromatic heterocycles. The SMILES string of the molecule is C=C(C)C(=O)OCC(O)COc1c2ccccc2cc2ccc(CC)cc12. The van der Waals surface area contributed by atoms with Crippen molar-refractivity contribution in [3.8, 4) is 5.75 Å². The third kappa shape index (κ3) is 4.29. The molecule has 0 aliphatic heterocycles. The number of carbonyl (C=O) groups excluding carboxylic acids is 1. The van der Waals surface area contributed by atoms with Gasteiger partial charge in [0.25, 0.3) is 0 Å². The first-order chi connectivity index (χ1) is 13.0. The van der Waals surface area contributed by atoms with Gasteiger partial charge in [-0.15, -0.1) is 0 Å². The number of ether oxygens (including phenoxy) is 2. The Bertz CT molecular complexity index is 990. The number of fused-ring (bicyclic) bond motifs is 2. The van der Waals surface area contributed by atoms with Crippen LogP contribution >= 0.6 is 0 Å². The predicted octanol–water partition coefficient (Wildman–Crippen LogP) is 4.41. The summed E-state index contributed by atoms with van der Waals surface area (Å²) < 4.78 is 11.0. The molecule has 1 atom stereocenters. The van der Waals surface area contributed by atoms with Gasteiger partial charge < -0.3 is 14.6 Å². The van der Waals surface area contributed by atoms with Crippen molar-refractivity contribution in [2.45, 2.75) is 26.4 Å². The van der Waals surface area contributed by atoms with Gasteiger partial charge in [0.1, 0.15) is 25.1 Å². The van der Waals surface area contributed by atoms with Gasteiger partial charge in [-0.05, 0) is 41.8 Å². The van der Waals surface area contributed by atoms with Crippen molar-refractivity contribution in [1.82, 2.24) is 0 Å². The molecular formula is C23H24O4. The van der Waals surface area contributed by atoms with E-state index in [0.717, 1.165) is 33.7 Å². The Hall–Kier alpha value is -2.85. The number of benzene rings is 3. The standard InChI is InChI=1S/C23H24O4/c1-4-16-9-10-18-12-17-7-5-6-8-20(17)22(21(18)11-16)26-13-19(24)14-27-23(25)15(2)3/h5-12,19,24H,2,4,13-14H2,1,3H3. The molecule has 0 bridgehead atoms. The van der Waals surface area contributed by atoms with Gasteiger partial charge in [-0.25, -0.2) is 4.79 Å². The lowest BCUT2D eigenvalue weighted by atomic mass is 9.99. The minimum atomic E-state index is -0.920. The molecule has 4 heteroatoms. The van der Waals surface area contributed by atoms with Crippen molar-refractivity contribution in [2.75, 3.05) is 13.2 Å². The molecule has 4 nitrogen and oxygen atoms in total. The molecule has 3 rings (SSSR count). The molecule has 0 aliphatic carbocycles. The van der Waals surface area contributed by atoms with E-state index in [-0.39, 0.29) is 13.2 Å². The van der Waals surface area contributed by atoms with Gasteiger partial charge in [-0.3, -0.25) is 0 Å². The molecule has 0 spiro atoms. The third-order valence-electron chi connectivity index (χ3n) is 4.46. The van der Waals surface area contributed by atoms with E-state index in [0.29, 0.717) is 5.57 Å². The second-order valence-electron chi connectivity index (χ2n) is 6.68. The average Bonchev–Trinajstić information content (AvgIpc) is 2.68. The maximum atomic E-state index is 11.5. The number of rotatable bonds is 7. The van der Waals surface area contributed by atoms with E-state index in [1.165, 1.54) is 5.56 Å². The van der Waals surface area contributed by atoms with Crippen molar-refractivity contribution in [2.24, 2.45) is 0 Å². The average molecular weight is 364 g/mol. The summed E-state index contributed by atoms with van der Waals surface area (Å²) in [6, 6.07) is 16.5. The minimum Gasteiger partial charge on any atom is -0.489 e. The summed E-state index contributed by atoms with van der Waals surface area (Å²) in [5.41, 5.74) is 1.52. The maximum absolute atomic E-state index is 11.5. The summed E-state index contributed by atoms with van der Waals surface area (Å²) in [5.74, 6) is 0.223. The largest absolute Gasteiger partial charge is 0.489 e. The number of hydrogen-bond acceptors (Lipinski definition) is 4. The fourth-order valence-corrected chi connectivity index (χ4v) is 2.97. The fraction of sp³-hybridized carbons (Fsp3) is 0.261. The number of esters is 1. The normalized spacial score (nSPS) is 12.1. The first kappa shape index (κ1) is 18.9. The van der Waals surface area contributed by atoms with E-state index in [1.807, 2.05) is 24.3 Å². The van der Waals surface area contributed by atoms with E-state index in [2.05, 4.69) is 37.8 Å². The van der Waals surface area contributed by atoms with Crippen LogP contribution in [-0.2, 0) is 16.0 Å². The number of carbonyl (C=O) groups is 1. The van der Waals surface area contributed by atoms with Crippen molar-refractivity contribution in [1.29, 1.82) is 0 Å². The van der Waals surface area contributed by atoms with Crippen molar-refractivity contribution < 1.29 is 19.4 Å². The van der Waals surface area contributed by atoms with Gasteiger partial charge in [0, 0.05) is 16.3 Å². The maximum Gasteiger partial charge on any atom is 0.333 e. The zero-order valence-corrected chi connectivity index (χ0v) is 15.7. The number of aliphatic hydroxyl groups excluding tert-OH is 1. The fourth-order valence-electron chi connectivity index (χ4n) is 2.97. The first-order valence-electron chi connectivity index (χ1n) is 9.07.